The van der Waals surface area contributed by atoms with Crippen molar-refractivity contribution in [1.82, 2.24) is 15.1 Å². The fourth-order valence-electron chi connectivity index (χ4n) is 2.98. The third-order valence-electron chi connectivity index (χ3n) is 4.10. The summed E-state index contributed by atoms with van der Waals surface area (Å²) >= 11 is 9.08. The van der Waals surface area contributed by atoms with Gasteiger partial charge in [0.2, 0.25) is 0 Å². The van der Waals surface area contributed by atoms with E-state index in [4.69, 9.17) is 17.0 Å². The number of carbonyl (C=O) groups excluding carboxylic acids is 1. The molecule has 0 amide bonds. The van der Waals surface area contributed by atoms with Gasteiger partial charge in [0.15, 0.2) is 5.11 Å². The number of aryl methyl sites for hydroxylation is 1. The van der Waals surface area contributed by atoms with Gasteiger partial charge in [-0.3, -0.25) is 9.58 Å². The molecule has 2 aromatic rings. The normalized spacial score (nSPS) is 17.3. The van der Waals surface area contributed by atoms with Gasteiger partial charge in [-0.15, -0.1) is 0 Å². The Bertz CT molecular complexity index is 893. The zero-order valence-corrected chi connectivity index (χ0v) is 17.1. The van der Waals surface area contributed by atoms with Crippen molar-refractivity contribution in [3.05, 3.63) is 58.0 Å². The highest BCUT2D eigenvalue weighted by molar-refractivity contribution is 9.10. The van der Waals surface area contributed by atoms with Crippen molar-refractivity contribution in [2.45, 2.75) is 19.9 Å². The van der Waals surface area contributed by atoms with Crippen molar-refractivity contribution in [3.63, 3.8) is 0 Å². The second kappa shape index (κ2) is 7.59. The highest BCUT2D eigenvalue weighted by Gasteiger charge is 2.36. The summed E-state index contributed by atoms with van der Waals surface area (Å²) in [7, 11) is 1.83. The lowest BCUT2D eigenvalue weighted by atomic mass is 9.97. The monoisotopic (exact) mass is 434 g/mol. The first-order valence-corrected chi connectivity index (χ1v) is 9.35. The maximum absolute atomic E-state index is 12.7. The van der Waals surface area contributed by atoms with Gasteiger partial charge >= 0.3 is 5.97 Å². The van der Waals surface area contributed by atoms with Crippen LogP contribution < -0.4 is 10.2 Å². The van der Waals surface area contributed by atoms with E-state index in [1.165, 1.54) is 0 Å². The molecule has 0 aliphatic carbocycles. The molecule has 0 saturated heterocycles. The van der Waals surface area contributed by atoms with Crippen LogP contribution in [0.15, 0.2) is 52.4 Å². The minimum Gasteiger partial charge on any atom is -0.463 e. The van der Waals surface area contributed by atoms with Crippen molar-refractivity contribution in [2.75, 3.05) is 11.5 Å². The molecule has 136 valence electrons. The minimum absolute atomic E-state index is 0.302. The second-order valence-electron chi connectivity index (χ2n) is 5.86. The molecule has 0 bridgehead atoms. The number of halogens is 1. The lowest BCUT2D eigenvalue weighted by molar-refractivity contribution is -0.139. The summed E-state index contributed by atoms with van der Waals surface area (Å²) in [5, 5.41) is 7.99. The van der Waals surface area contributed by atoms with E-state index in [9.17, 15) is 4.79 Å². The molecule has 8 heteroatoms. The zero-order chi connectivity index (χ0) is 18.8. The molecular formula is C18H19BrN4O2S. The molecule has 0 saturated carbocycles. The molecular weight excluding hydrogens is 416 g/mol. The van der Waals surface area contributed by atoms with Gasteiger partial charge in [-0.1, -0.05) is 22.0 Å². The number of benzene rings is 1. The quantitative estimate of drug-likeness (QED) is 0.587. The van der Waals surface area contributed by atoms with E-state index in [0.717, 1.165) is 21.4 Å². The third kappa shape index (κ3) is 3.52. The number of anilines is 1. The van der Waals surface area contributed by atoms with Crippen LogP contribution in [0.25, 0.3) is 0 Å². The molecule has 0 fully saturated rings. The smallest absolute Gasteiger partial charge is 0.338 e. The predicted molar refractivity (Wildman–Crippen MR) is 108 cm³/mol. The maximum atomic E-state index is 12.7. The third-order valence-corrected chi connectivity index (χ3v) is 4.90. The number of hydrogen-bond donors (Lipinski definition) is 1. The van der Waals surface area contributed by atoms with Gasteiger partial charge in [-0.2, -0.15) is 5.10 Å². The number of esters is 1. The molecule has 0 spiro atoms. The number of hydrogen-bond acceptors (Lipinski definition) is 4. The summed E-state index contributed by atoms with van der Waals surface area (Å²) in [4.78, 5) is 14.6. The van der Waals surface area contributed by atoms with Gasteiger partial charge in [0.1, 0.15) is 0 Å². The Morgan fingerprint density at radius 1 is 1.46 bits per heavy atom. The maximum Gasteiger partial charge on any atom is 0.338 e. The predicted octanol–water partition coefficient (Wildman–Crippen LogP) is 3.46. The topological polar surface area (TPSA) is 59.4 Å². The number of aromatic nitrogens is 2. The molecule has 0 radical (unpaired) electrons. The van der Waals surface area contributed by atoms with E-state index in [-0.39, 0.29) is 5.97 Å². The molecule has 1 atom stereocenters. The number of rotatable bonds is 4. The molecule has 1 aliphatic rings. The highest BCUT2D eigenvalue weighted by atomic mass is 79.9. The SMILES string of the molecule is CCOC(=O)C1=C(C)N(c2cccc(Br)c2)C(=S)NC1c1cnn(C)c1. The molecule has 1 N–H and O–H groups in total. The van der Waals surface area contributed by atoms with Crippen molar-refractivity contribution in [1.29, 1.82) is 0 Å². The van der Waals surface area contributed by atoms with Crippen LogP contribution in [-0.2, 0) is 16.6 Å². The Hall–Kier alpha value is -2.19. The van der Waals surface area contributed by atoms with Crippen LogP contribution in [0.5, 0.6) is 0 Å². The van der Waals surface area contributed by atoms with Gasteiger partial charge in [0.05, 0.1) is 24.4 Å². The van der Waals surface area contributed by atoms with Crippen LogP contribution in [0.2, 0.25) is 0 Å². The van der Waals surface area contributed by atoms with Crippen molar-refractivity contribution in [3.8, 4) is 0 Å². The first-order chi connectivity index (χ1) is 12.4. The van der Waals surface area contributed by atoms with Gasteiger partial charge < -0.3 is 10.1 Å². The van der Waals surface area contributed by atoms with Crippen molar-refractivity contribution in [2.24, 2.45) is 7.05 Å². The highest BCUT2D eigenvalue weighted by Crippen LogP contribution is 2.34. The molecule has 1 aromatic carbocycles. The van der Waals surface area contributed by atoms with E-state index in [2.05, 4.69) is 26.3 Å². The summed E-state index contributed by atoms with van der Waals surface area (Å²) in [6.45, 7) is 3.97. The van der Waals surface area contributed by atoms with Gasteiger partial charge in [0, 0.05) is 34.7 Å². The summed E-state index contributed by atoms with van der Waals surface area (Å²) in [6, 6.07) is 7.35. The lowest BCUT2D eigenvalue weighted by Crippen LogP contribution is -2.48. The molecule has 1 unspecified atom stereocenters. The molecule has 3 rings (SSSR count). The van der Waals surface area contributed by atoms with Crippen LogP contribution >= 0.6 is 28.1 Å². The Labute approximate surface area is 165 Å². The zero-order valence-electron chi connectivity index (χ0n) is 14.7. The van der Waals surface area contributed by atoms with Crippen LogP contribution in [0.3, 0.4) is 0 Å². The Balaban J connectivity index is 2.13. The number of carbonyl (C=O) groups is 1. The van der Waals surface area contributed by atoms with Crippen molar-refractivity contribution < 1.29 is 9.53 Å². The Morgan fingerprint density at radius 3 is 2.85 bits per heavy atom. The molecule has 1 aromatic heterocycles. The molecule has 26 heavy (non-hydrogen) atoms. The second-order valence-corrected chi connectivity index (χ2v) is 7.17. The first kappa shape index (κ1) is 18.6. The van der Waals surface area contributed by atoms with Gasteiger partial charge in [-0.05, 0) is 44.3 Å². The molecule has 6 nitrogen and oxygen atoms in total. The summed E-state index contributed by atoms with van der Waals surface area (Å²) in [6.07, 6.45) is 3.59. The summed E-state index contributed by atoms with van der Waals surface area (Å²) in [5.74, 6) is -0.367. The van der Waals surface area contributed by atoms with Crippen molar-refractivity contribution >= 4 is 44.9 Å². The fraction of sp³-hybridized carbons (Fsp3) is 0.278. The number of ether oxygens (including phenoxy) is 1. The number of nitrogens with zero attached hydrogens (tertiary/aromatic N) is 3. The van der Waals surface area contributed by atoms with E-state index < -0.39 is 6.04 Å². The van der Waals surface area contributed by atoms with E-state index in [1.54, 1.807) is 17.8 Å². The summed E-state index contributed by atoms with van der Waals surface area (Å²) < 4.78 is 7.93. The Kier molecular flexibility index (Phi) is 5.43. The average molecular weight is 435 g/mol. The summed E-state index contributed by atoms with van der Waals surface area (Å²) in [5.41, 5.74) is 2.97. The largest absolute Gasteiger partial charge is 0.463 e. The van der Waals surface area contributed by atoms with E-state index >= 15 is 0 Å². The van der Waals surface area contributed by atoms with E-state index in [1.807, 2.05) is 49.3 Å². The minimum atomic E-state index is -0.404. The Morgan fingerprint density at radius 2 is 2.23 bits per heavy atom. The standard InChI is InChI=1S/C18H19BrN4O2S/c1-4-25-17(24)15-11(2)23(14-7-5-6-13(19)8-14)18(26)21-16(15)12-9-20-22(3)10-12/h5-10,16H,4H2,1-3H3,(H,21,26). The number of nitrogens with one attached hydrogen (secondary N) is 1. The van der Waals surface area contributed by atoms with Gasteiger partial charge in [-0.25, -0.2) is 4.79 Å². The van der Waals surface area contributed by atoms with Crippen LogP contribution in [-0.4, -0.2) is 27.5 Å². The fourth-order valence-corrected chi connectivity index (χ4v) is 3.73. The number of allylic oxidation sites excluding steroid dienone is 1. The van der Waals surface area contributed by atoms with Crippen LogP contribution in [0, 0.1) is 0 Å². The number of thiocarbonyl (C=S) groups is 1. The average Bonchev–Trinajstić information content (AvgIpc) is 3.01. The first-order valence-electron chi connectivity index (χ1n) is 8.15. The van der Waals surface area contributed by atoms with Crippen LogP contribution in [0.1, 0.15) is 25.5 Å². The van der Waals surface area contributed by atoms with E-state index in [0.29, 0.717) is 17.3 Å². The molecule has 1 aliphatic heterocycles. The van der Waals surface area contributed by atoms with Crippen LogP contribution in [0.4, 0.5) is 5.69 Å². The molecule has 2 heterocycles. The van der Waals surface area contributed by atoms with Gasteiger partial charge in [0.25, 0.3) is 0 Å². The lowest BCUT2D eigenvalue weighted by Gasteiger charge is -2.37.